The number of aromatic nitrogens is 3. The van der Waals surface area contributed by atoms with Crippen LogP contribution in [-0.4, -0.2) is 31.7 Å². The van der Waals surface area contributed by atoms with Gasteiger partial charge in [0.2, 0.25) is 0 Å². The second-order valence-electron chi connectivity index (χ2n) is 7.16. The Bertz CT molecular complexity index is 989. The van der Waals surface area contributed by atoms with Gasteiger partial charge in [0.05, 0.1) is 4.88 Å². The molecule has 0 N–H and O–H groups in total. The van der Waals surface area contributed by atoms with Crippen LogP contribution in [0.1, 0.15) is 40.9 Å². The van der Waals surface area contributed by atoms with Gasteiger partial charge in [-0.25, -0.2) is 9.48 Å². The molecule has 140 valence electrons. The van der Waals surface area contributed by atoms with Crippen molar-refractivity contribution in [2.24, 2.45) is 5.92 Å². The van der Waals surface area contributed by atoms with Gasteiger partial charge in [-0.2, -0.15) is 5.10 Å². The maximum Gasteiger partial charge on any atom is 0.346 e. The van der Waals surface area contributed by atoms with Crippen LogP contribution in [0.5, 0.6) is 0 Å². The minimum atomic E-state index is -0.365. The predicted molar refractivity (Wildman–Crippen MR) is 105 cm³/mol. The number of benzene rings is 1. The third-order valence-electron chi connectivity index (χ3n) is 4.72. The average molecular weight is 382 g/mol. The van der Waals surface area contributed by atoms with E-state index in [-0.39, 0.29) is 17.6 Å². The van der Waals surface area contributed by atoms with Gasteiger partial charge in [0.1, 0.15) is 6.04 Å². The Labute approximate surface area is 161 Å². The lowest BCUT2D eigenvalue weighted by Crippen LogP contribution is -2.44. The van der Waals surface area contributed by atoms with E-state index in [0.717, 1.165) is 5.56 Å². The van der Waals surface area contributed by atoms with E-state index < -0.39 is 0 Å². The Morgan fingerprint density at radius 2 is 1.96 bits per heavy atom. The van der Waals surface area contributed by atoms with Gasteiger partial charge in [0.15, 0.2) is 5.82 Å². The van der Waals surface area contributed by atoms with Gasteiger partial charge in [0.25, 0.3) is 5.91 Å². The van der Waals surface area contributed by atoms with Crippen molar-refractivity contribution >= 4 is 17.2 Å². The van der Waals surface area contributed by atoms with Gasteiger partial charge in [-0.05, 0) is 22.9 Å². The average Bonchev–Trinajstić information content (AvgIpc) is 3.30. The van der Waals surface area contributed by atoms with E-state index in [1.807, 2.05) is 52.7 Å². The monoisotopic (exact) mass is 382 g/mol. The molecule has 1 unspecified atom stereocenters. The van der Waals surface area contributed by atoms with Crippen LogP contribution in [0, 0.1) is 5.92 Å². The fraction of sp³-hybridized carbons (Fsp3) is 0.350. The highest BCUT2D eigenvalue weighted by atomic mass is 32.1. The normalized spacial score (nSPS) is 16.6. The molecule has 1 aromatic carbocycles. The van der Waals surface area contributed by atoms with Gasteiger partial charge in [-0.3, -0.25) is 9.36 Å². The molecule has 0 bridgehead atoms. The van der Waals surface area contributed by atoms with E-state index in [9.17, 15) is 9.59 Å². The van der Waals surface area contributed by atoms with Crippen molar-refractivity contribution in [2.45, 2.75) is 33.0 Å². The van der Waals surface area contributed by atoms with Crippen LogP contribution >= 0.6 is 11.3 Å². The molecule has 1 atom stereocenters. The molecule has 3 aromatic rings. The minimum absolute atomic E-state index is 0.0176. The van der Waals surface area contributed by atoms with Crippen LogP contribution in [0.2, 0.25) is 0 Å². The van der Waals surface area contributed by atoms with Crippen molar-refractivity contribution in [1.29, 1.82) is 0 Å². The molecular weight excluding hydrogens is 360 g/mol. The van der Waals surface area contributed by atoms with Gasteiger partial charge < -0.3 is 4.90 Å². The van der Waals surface area contributed by atoms with Crippen molar-refractivity contribution in [3.63, 3.8) is 0 Å². The molecule has 1 aliphatic heterocycles. The number of hydrogen-bond acceptors (Lipinski definition) is 4. The molecule has 0 radical (unpaired) electrons. The van der Waals surface area contributed by atoms with Gasteiger partial charge in [-0.15, -0.1) is 11.3 Å². The summed E-state index contributed by atoms with van der Waals surface area (Å²) in [6.45, 7) is 5.64. The number of fused-ring (bicyclic) bond motifs is 1. The van der Waals surface area contributed by atoms with Crippen molar-refractivity contribution in [2.75, 3.05) is 6.54 Å². The van der Waals surface area contributed by atoms with Crippen LogP contribution in [-0.2, 0) is 13.1 Å². The largest absolute Gasteiger partial charge is 0.346 e. The SMILES string of the molecule is CC(C)Cn1nc2n(c1=O)CCN(C(=O)c1cccs1)C2c1ccccc1. The van der Waals surface area contributed by atoms with Gasteiger partial charge >= 0.3 is 5.69 Å². The quantitative estimate of drug-likeness (QED) is 0.697. The van der Waals surface area contributed by atoms with Crippen LogP contribution in [0.25, 0.3) is 0 Å². The summed E-state index contributed by atoms with van der Waals surface area (Å²) >= 11 is 1.43. The summed E-state index contributed by atoms with van der Waals surface area (Å²) < 4.78 is 3.26. The smallest absolute Gasteiger partial charge is 0.322 e. The van der Waals surface area contributed by atoms with Crippen molar-refractivity contribution in [3.8, 4) is 0 Å². The molecule has 0 aliphatic carbocycles. The fourth-order valence-corrected chi connectivity index (χ4v) is 4.22. The number of carbonyl (C=O) groups is 1. The van der Waals surface area contributed by atoms with E-state index in [2.05, 4.69) is 18.9 Å². The first-order chi connectivity index (χ1) is 13.1. The number of amides is 1. The number of thiophene rings is 1. The maximum atomic E-state index is 13.1. The highest BCUT2D eigenvalue weighted by molar-refractivity contribution is 7.12. The lowest BCUT2D eigenvalue weighted by atomic mass is 10.0. The molecule has 0 saturated heterocycles. The first-order valence-electron chi connectivity index (χ1n) is 9.13. The number of carbonyl (C=O) groups excluding carboxylic acids is 1. The molecule has 27 heavy (non-hydrogen) atoms. The zero-order valence-corrected chi connectivity index (χ0v) is 16.2. The predicted octanol–water partition coefficient (Wildman–Crippen LogP) is 3.01. The second kappa shape index (κ2) is 7.15. The third-order valence-corrected chi connectivity index (χ3v) is 5.58. The summed E-state index contributed by atoms with van der Waals surface area (Å²) in [5, 5.41) is 6.54. The number of rotatable bonds is 4. The minimum Gasteiger partial charge on any atom is -0.322 e. The zero-order valence-electron chi connectivity index (χ0n) is 15.4. The lowest BCUT2D eigenvalue weighted by Gasteiger charge is -2.35. The van der Waals surface area contributed by atoms with Gasteiger partial charge in [-0.1, -0.05) is 50.2 Å². The molecule has 3 heterocycles. The molecule has 0 fully saturated rings. The topological polar surface area (TPSA) is 60.1 Å². The fourth-order valence-electron chi connectivity index (χ4n) is 3.54. The van der Waals surface area contributed by atoms with Crippen LogP contribution in [0.15, 0.2) is 52.6 Å². The van der Waals surface area contributed by atoms with Gasteiger partial charge in [0, 0.05) is 19.6 Å². The maximum absolute atomic E-state index is 13.1. The summed E-state index contributed by atoms with van der Waals surface area (Å²) in [4.78, 5) is 28.5. The molecule has 4 rings (SSSR count). The highest BCUT2D eigenvalue weighted by Crippen LogP contribution is 2.32. The highest BCUT2D eigenvalue weighted by Gasteiger charge is 2.36. The summed E-state index contributed by atoms with van der Waals surface area (Å²) in [5.41, 5.74) is 0.868. The molecule has 2 aromatic heterocycles. The van der Waals surface area contributed by atoms with Crippen molar-refractivity contribution in [1.82, 2.24) is 19.2 Å². The standard InChI is InChI=1S/C20H22N4O2S/c1-14(2)13-24-20(26)23-11-10-22(19(25)16-9-6-12-27-16)17(18(23)21-24)15-7-4-3-5-8-15/h3-9,12,14,17H,10-11,13H2,1-2H3. The Morgan fingerprint density at radius 3 is 2.63 bits per heavy atom. The molecule has 1 amide bonds. The molecule has 6 nitrogen and oxygen atoms in total. The van der Waals surface area contributed by atoms with E-state index in [0.29, 0.717) is 36.3 Å². The molecular formula is C20H22N4O2S. The third kappa shape index (κ3) is 3.23. The zero-order chi connectivity index (χ0) is 19.0. The van der Waals surface area contributed by atoms with E-state index in [1.165, 1.54) is 16.0 Å². The Kier molecular flexibility index (Phi) is 4.70. The number of hydrogen-bond donors (Lipinski definition) is 0. The Hall–Kier alpha value is -2.67. The molecule has 0 spiro atoms. The van der Waals surface area contributed by atoms with Crippen LogP contribution in [0.4, 0.5) is 0 Å². The molecule has 0 saturated carbocycles. The first kappa shape index (κ1) is 17.7. The van der Waals surface area contributed by atoms with E-state index in [4.69, 9.17) is 0 Å². The molecule has 7 heteroatoms. The summed E-state index contributed by atoms with van der Waals surface area (Å²) in [5.74, 6) is 0.942. The van der Waals surface area contributed by atoms with Crippen LogP contribution < -0.4 is 5.69 Å². The van der Waals surface area contributed by atoms with E-state index in [1.54, 1.807) is 4.57 Å². The Balaban J connectivity index is 1.82. The van der Waals surface area contributed by atoms with Crippen molar-refractivity contribution < 1.29 is 4.79 Å². The second-order valence-corrected chi connectivity index (χ2v) is 8.11. The lowest BCUT2D eigenvalue weighted by molar-refractivity contribution is 0.0662. The summed E-state index contributed by atoms with van der Waals surface area (Å²) in [7, 11) is 0. The Morgan fingerprint density at radius 1 is 1.19 bits per heavy atom. The van der Waals surface area contributed by atoms with Crippen molar-refractivity contribution in [3.05, 3.63) is 74.6 Å². The first-order valence-corrected chi connectivity index (χ1v) is 10.0. The molecule has 1 aliphatic rings. The summed E-state index contributed by atoms with van der Waals surface area (Å²) in [6.07, 6.45) is 0. The van der Waals surface area contributed by atoms with Crippen LogP contribution in [0.3, 0.4) is 0 Å². The summed E-state index contributed by atoms with van der Waals surface area (Å²) in [6, 6.07) is 13.2. The van der Waals surface area contributed by atoms with E-state index >= 15 is 0 Å². The number of nitrogens with zero attached hydrogens (tertiary/aromatic N) is 4.